The van der Waals surface area contributed by atoms with Crippen LogP contribution in [0.2, 0.25) is 0 Å². The molecule has 1 aromatic carbocycles. The minimum absolute atomic E-state index is 0.358. The van der Waals surface area contributed by atoms with E-state index in [0.717, 1.165) is 10.4 Å². The molecular weight excluding hydrogens is 298 g/mol. The highest BCUT2D eigenvalue weighted by atomic mass is 32.1. The van der Waals surface area contributed by atoms with Gasteiger partial charge in [-0.05, 0) is 49.1 Å². The van der Waals surface area contributed by atoms with E-state index in [4.69, 9.17) is 4.74 Å². The van der Waals surface area contributed by atoms with Gasteiger partial charge < -0.3 is 10.1 Å². The number of ether oxygens (including phenoxy) is 1. The molecule has 0 saturated heterocycles. The highest BCUT2D eigenvalue weighted by molar-refractivity contribution is 7.10. The Morgan fingerprint density at radius 1 is 1.27 bits per heavy atom. The summed E-state index contributed by atoms with van der Waals surface area (Å²) in [6, 6.07) is 11.2. The van der Waals surface area contributed by atoms with Crippen LogP contribution in [0.5, 0.6) is 0 Å². The van der Waals surface area contributed by atoms with Crippen LogP contribution in [-0.2, 0) is 14.3 Å². The molecule has 1 atom stereocenters. The first-order valence-electron chi connectivity index (χ1n) is 6.84. The first-order valence-corrected chi connectivity index (χ1v) is 7.72. The molecule has 0 aliphatic heterocycles. The van der Waals surface area contributed by atoms with Gasteiger partial charge in [-0.2, -0.15) is 0 Å². The second-order valence-corrected chi connectivity index (χ2v) is 5.77. The van der Waals surface area contributed by atoms with Crippen molar-refractivity contribution in [3.05, 3.63) is 58.3 Å². The Hall–Kier alpha value is -2.40. The number of nitrogens with one attached hydrogen (secondary N) is 1. The summed E-state index contributed by atoms with van der Waals surface area (Å²) in [4.78, 5) is 24.6. The summed E-state index contributed by atoms with van der Waals surface area (Å²) in [7, 11) is 0. The minimum atomic E-state index is -0.860. The van der Waals surface area contributed by atoms with Gasteiger partial charge in [0.1, 0.15) is 0 Å². The summed E-state index contributed by atoms with van der Waals surface area (Å²) in [6.07, 6.45) is 2.13. The highest BCUT2D eigenvalue weighted by Crippen LogP contribution is 2.12. The fraction of sp³-hybridized carbons (Fsp3) is 0.176. The van der Waals surface area contributed by atoms with Gasteiger partial charge in [0.25, 0.3) is 5.91 Å². The topological polar surface area (TPSA) is 55.4 Å². The van der Waals surface area contributed by atoms with Gasteiger partial charge in [0.05, 0.1) is 0 Å². The molecule has 1 N–H and O–H groups in total. The van der Waals surface area contributed by atoms with Crippen LogP contribution in [0.1, 0.15) is 17.4 Å². The predicted octanol–water partition coefficient (Wildman–Crippen LogP) is 3.64. The number of esters is 1. The molecule has 0 spiro atoms. The molecule has 0 radical (unpaired) electrons. The van der Waals surface area contributed by atoms with Crippen molar-refractivity contribution >= 4 is 35.0 Å². The Morgan fingerprint density at radius 3 is 2.77 bits per heavy atom. The van der Waals surface area contributed by atoms with Crippen molar-refractivity contribution in [2.24, 2.45) is 0 Å². The maximum Gasteiger partial charge on any atom is 0.331 e. The van der Waals surface area contributed by atoms with Crippen LogP contribution >= 0.6 is 11.3 Å². The first-order chi connectivity index (χ1) is 10.5. The molecule has 1 heterocycles. The van der Waals surface area contributed by atoms with Crippen molar-refractivity contribution in [3.8, 4) is 0 Å². The Labute approximate surface area is 133 Å². The zero-order chi connectivity index (χ0) is 15.9. The molecule has 114 valence electrons. The summed E-state index contributed by atoms with van der Waals surface area (Å²) < 4.78 is 5.08. The van der Waals surface area contributed by atoms with Crippen LogP contribution in [-0.4, -0.2) is 18.0 Å². The third kappa shape index (κ3) is 4.86. The molecule has 5 heteroatoms. The van der Waals surface area contributed by atoms with Gasteiger partial charge in [-0.3, -0.25) is 4.79 Å². The van der Waals surface area contributed by atoms with Crippen LogP contribution in [0.3, 0.4) is 0 Å². The lowest BCUT2D eigenvalue weighted by Gasteiger charge is -2.12. The van der Waals surface area contributed by atoms with E-state index in [2.05, 4.69) is 5.32 Å². The van der Waals surface area contributed by atoms with Crippen molar-refractivity contribution in [2.45, 2.75) is 20.0 Å². The van der Waals surface area contributed by atoms with Gasteiger partial charge in [-0.25, -0.2) is 4.79 Å². The van der Waals surface area contributed by atoms with Crippen LogP contribution in [0.25, 0.3) is 6.08 Å². The molecule has 0 fully saturated rings. The lowest BCUT2D eigenvalue weighted by Crippen LogP contribution is -2.29. The second kappa shape index (κ2) is 7.56. The van der Waals surface area contributed by atoms with Crippen molar-refractivity contribution in [2.75, 3.05) is 5.32 Å². The lowest BCUT2D eigenvalue weighted by atomic mass is 10.2. The molecule has 0 aliphatic carbocycles. The number of thiophene rings is 1. The molecule has 0 aliphatic rings. The largest absolute Gasteiger partial charge is 0.449 e. The molecule has 0 saturated carbocycles. The fourth-order valence-electron chi connectivity index (χ4n) is 1.77. The third-order valence-electron chi connectivity index (χ3n) is 2.87. The van der Waals surface area contributed by atoms with Gasteiger partial charge in [0, 0.05) is 16.6 Å². The van der Waals surface area contributed by atoms with Crippen LogP contribution in [0.15, 0.2) is 47.9 Å². The highest BCUT2D eigenvalue weighted by Gasteiger charge is 2.16. The smallest absolute Gasteiger partial charge is 0.331 e. The number of amides is 1. The molecule has 2 aromatic rings. The number of carbonyl (C=O) groups is 2. The number of aryl methyl sites for hydroxylation is 1. The van der Waals surface area contributed by atoms with Crippen LogP contribution < -0.4 is 5.32 Å². The number of anilines is 1. The van der Waals surface area contributed by atoms with E-state index in [-0.39, 0.29) is 5.91 Å². The number of benzene rings is 1. The number of rotatable bonds is 5. The fourth-order valence-corrected chi connectivity index (χ4v) is 2.39. The SMILES string of the molecule is Cc1cccc(NC(=O)[C@H](C)OC(=O)/C=C/c2cccs2)c1. The van der Waals surface area contributed by atoms with Crippen molar-refractivity contribution < 1.29 is 14.3 Å². The third-order valence-corrected chi connectivity index (χ3v) is 3.71. The summed E-state index contributed by atoms with van der Waals surface area (Å²) in [5.74, 6) is -0.899. The average molecular weight is 315 g/mol. The zero-order valence-corrected chi connectivity index (χ0v) is 13.2. The average Bonchev–Trinajstić information content (AvgIpc) is 2.98. The molecule has 0 unspecified atom stereocenters. The van der Waals surface area contributed by atoms with Crippen LogP contribution in [0.4, 0.5) is 5.69 Å². The van der Waals surface area contributed by atoms with Gasteiger partial charge >= 0.3 is 5.97 Å². The van der Waals surface area contributed by atoms with Crippen LogP contribution in [0, 0.1) is 6.92 Å². The van der Waals surface area contributed by atoms with Gasteiger partial charge in [-0.1, -0.05) is 18.2 Å². The molecule has 0 bridgehead atoms. The molecule has 1 amide bonds. The maximum atomic E-state index is 12.0. The summed E-state index contributed by atoms with van der Waals surface area (Å²) in [5, 5.41) is 4.64. The van der Waals surface area contributed by atoms with E-state index < -0.39 is 12.1 Å². The second-order valence-electron chi connectivity index (χ2n) is 4.79. The van der Waals surface area contributed by atoms with E-state index in [1.807, 2.05) is 42.6 Å². The van der Waals surface area contributed by atoms with E-state index in [0.29, 0.717) is 5.69 Å². The van der Waals surface area contributed by atoms with Gasteiger partial charge in [0.2, 0.25) is 0 Å². The number of carbonyl (C=O) groups excluding carboxylic acids is 2. The summed E-state index contributed by atoms with van der Waals surface area (Å²) >= 11 is 1.52. The van der Waals surface area contributed by atoms with Gasteiger partial charge in [0.15, 0.2) is 6.10 Å². The summed E-state index contributed by atoms with van der Waals surface area (Å²) in [5.41, 5.74) is 1.73. The van der Waals surface area contributed by atoms with E-state index >= 15 is 0 Å². The molecular formula is C17H17NO3S. The minimum Gasteiger partial charge on any atom is -0.449 e. The molecule has 2 rings (SSSR count). The van der Waals surface area contributed by atoms with E-state index in [1.54, 1.807) is 19.1 Å². The standard InChI is InChI=1S/C17H17NO3S/c1-12-5-3-6-14(11-12)18-17(20)13(2)21-16(19)9-8-15-7-4-10-22-15/h3-11,13H,1-2H3,(H,18,20)/b9-8+/t13-/m0/s1. The lowest BCUT2D eigenvalue weighted by molar-refractivity contribution is -0.148. The normalized spacial score (nSPS) is 12.1. The molecule has 4 nitrogen and oxygen atoms in total. The Balaban J connectivity index is 1.87. The van der Waals surface area contributed by atoms with Crippen molar-refractivity contribution in [1.29, 1.82) is 0 Å². The quantitative estimate of drug-likeness (QED) is 0.677. The Morgan fingerprint density at radius 2 is 2.09 bits per heavy atom. The van der Waals surface area contributed by atoms with E-state index in [9.17, 15) is 9.59 Å². The Kier molecular flexibility index (Phi) is 5.49. The Bertz CT molecular complexity index is 677. The van der Waals surface area contributed by atoms with E-state index in [1.165, 1.54) is 17.4 Å². The first kappa shape index (κ1) is 16.0. The molecule has 1 aromatic heterocycles. The van der Waals surface area contributed by atoms with Crippen molar-refractivity contribution in [1.82, 2.24) is 0 Å². The monoisotopic (exact) mass is 315 g/mol. The predicted molar refractivity (Wildman–Crippen MR) is 88.7 cm³/mol. The van der Waals surface area contributed by atoms with Gasteiger partial charge in [-0.15, -0.1) is 11.3 Å². The molecule has 22 heavy (non-hydrogen) atoms. The number of hydrogen-bond donors (Lipinski definition) is 1. The summed E-state index contributed by atoms with van der Waals surface area (Å²) in [6.45, 7) is 3.48. The zero-order valence-electron chi connectivity index (χ0n) is 12.4. The maximum absolute atomic E-state index is 12.0. The van der Waals surface area contributed by atoms with Crippen molar-refractivity contribution in [3.63, 3.8) is 0 Å². The number of hydrogen-bond acceptors (Lipinski definition) is 4.